The summed E-state index contributed by atoms with van der Waals surface area (Å²) in [6.45, 7) is 1.07. The number of halogens is 2. The average Bonchev–Trinajstić information content (AvgIpc) is 2.77. The highest BCUT2D eigenvalue weighted by Crippen LogP contribution is 2.16. The first-order valence-corrected chi connectivity index (χ1v) is 8.55. The molecule has 19 heavy (non-hydrogen) atoms. The normalized spacial score (nSPS) is 13.8. The lowest BCUT2D eigenvalue weighted by Gasteiger charge is -2.01. The van der Waals surface area contributed by atoms with Gasteiger partial charge in [0.15, 0.2) is 0 Å². The number of rotatable bonds is 1. The van der Waals surface area contributed by atoms with Crippen molar-refractivity contribution in [2.45, 2.75) is 0 Å². The average molecular weight is 473 g/mol. The minimum absolute atomic E-state index is 0. The molecule has 0 spiro atoms. The summed E-state index contributed by atoms with van der Waals surface area (Å²) in [5, 5.41) is 5.35. The predicted molar refractivity (Wildman–Crippen MR) is 104 cm³/mol. The molecule has 1 saturated heterocycles. The third kappa shape index (κ3) is 5.23. The van der Waals surface area contributed by atoms with E-state index in [1.165, 1.54) is 0 Å². The lowest BCUT2D eigenvalue weighted by atomic mass is 10.3. The van der Waals surface area contributed by atoms with E-state index in [0.717, 1.165) is 32.8 Å². The molecule has 0 bridgehead atoms. The van der Waals surface area contributed by atoms with Crippen LogP contribution >= 0.6 is 63.4 Å². The van der Waals surface area contributed by atoms with E-state index in [0.29, 0.717) is 0 Å². The van der Waals surface area contributed by atoms with Gasteiger partial charge in [-0.1, -0.05) is 15.9 Å². The fourth-order valence-corrected chi connectivity index (χ4v) is 3.20. The van der Waals surface area contributed by atoms with Gasteiger partial charge in [0.05, 0.1) is 19.3 Å². The second-order valence-corrected chi connectivity index (χ2v) is 6.58. The molecule has 1 aromatic rings. The maximum Gasteiger partial charge on any atom is 0.350 e. The Morgan fingerprint density at radius 1 is 1.42 bits per heavy atom. The molecule has 0 aromatic heterocycles. The van der Waals surface area contributed by atoms with Gasteiger partial charge in [-0.15, -0.1) is 24.0 Å². The molecule has 0 radical (unpaired) electrons. The highest BCUT2D eigenvalue weighted by Gasteiger charge is 2.22. The van der Waals surface area contributed by atoms with Gasteiger partial charge in [0.25, 0.3) is 0 Å². The quantitative estimate of drug-likeness (QED) is 0.294. The third-order valence-corrected chi connectivity index (χ3v) is 4.63. The number of nitrogens with zero attached hydrogens (tertiary/aromatic N) is 2. The monoisotopic (exact) mass is 472 g/mol. The number of hydrogen-bond donors (Lipinski definition) is 1. The highest BCUT2D eigenvalue weighted by molar-refractivity contribution is 14.0. The van der Waals surface area contributed by atoms with Crippen LogP contribution in [0.4, 0.5) is 5.69 Å². The van der Waals surface area contributed by atoms with Crippen molar-refractivity contribution in [3.8, 4) is 0 Å². The zero-order chi connectivity index (χ0) is 13.0. The maximum atomic E-state index is 4.66. The summed E-state index contributed by atoms with van der Waals surface area (Å²) in [4.78, 5) is 2.18. The molecule has 104 valence electrons. The lowest BCUT2D eigenvalue weighted by Crippen LogP contribution is -2.23. The van der Waals surface area contributed by atoms with Gasteiger partial charge in [0.1, 0.15) is 0 Å². The molecule has 0 aliphatic carbocycles. The lowest BCUT2D eigenvalue weighted by molar-refractivity contribution is 0.563. The largest absolute Gasteiger partial charge is 0.350 e. The van der Waals surface area contributed by atoms with Crippen molar-refractivity contribution in [2.75, 3.05) is 30.9 Å². The van der Waals surface area contributed by atoms with Gasteiger partial charge in [-0.25, -0.2) is 4.67 Å². The zero-order valence-corrected chi connectivity index (χ0v) is 16.3. The van der Waals surface area contributed by atoms with Crippen LogP contribution in [-0.2, 0) is 0 Å². The van der Waals surface area contributed by atoms with Gasteiger partial charge in [-0.2, -0.15) is 0 Å². The van der Waals surface area contributed by atoms with Crippen molar-refractivity contribution in [2.24, 2.45) is 0 Å². The van der Waals surface area contributed by atoms with E-state index in [9.17, 15) is 0 Å². The van der Waals surface area contributed by atoms with E-state index in [1.54, 1.807) is 23.5 Å². The van der Waals surface area contributed by atoms with E-state index in [4.69, 9.17) is 0 Å². The molecule has 7 heteroatoms. The number of anilines is 1. The molecular weight excluding hydrogens is 457 g/mol. The van der Waals surface area contributed by atoms with E-state index in [1.807, 2.05) is 30.5 Å². The minimum Gasteiger partial charge on any atom is -0.276 e. The molecule has 3 nitrogen and oxygen atoms in total. The summed E-state index contributed by atoms with van der Waals surface area (Å²) in [5.41, 5.74) is 1.05. The van der Waals surface area contributed by atoms with Gasteiger partial charge in [0, 0.05) is 10.2 Å². The molecule has 0 unspecified atom stereocenters. The van der Waals surface area contributed by atoms with Crippen LogP contribution in [0.2, 0.25) is 0 Å². The van der Waals surface area contributed by atoms with Gasteiger partial charge in [0.2, 0.25) is 0 Å². The molecule has 2 rings (SSSR count). The van der Waals surface area contributed by atoms with Crippen molar-refractivity contribution in [3.05, 3.63) is 28.7 Å². The van der Waals surface area contributed by atoms with Crippen molar-refractivity contribution < 1.29 is 0 Å². The topological polar surface area (TPSA) is 29.4 Å². The highest BCUT2D eigenvalue weighted by atomic mass is 127. The smallest absolute Gasteiger partial charge is 0.276 e. The van der Waals surface area contributed by atoms with E-state index in [2.05, 4.69) is 37.9 Å². The van der Waals surface area contributed by atoms with Crippen LogP contribution in [-0.4, -0.2) is 40.8 Å². The van der Waals surface area contributed by atoms with Crippen LogP contribution in [0.25, 0.3) is 0 Å². The molecule has 0 atom stereocenters. The fourth-order valence-electron chi connectivity index (χ4n) is 1.47. The maximum absolute atomic E-state index is 4.66. The summed E-state index contributed by atoms with van der Waals surface area (Å²) in [6, 6.07) is 8.10. The summed E-state index contributed by atoms with van der Waals surface area (Å²) in [5.74, 6) is 1.12. The Bertz CT molecular complexity index is 486. The summed E-state index contributed by atoms with van der Waals surface area (Å²) >= 11 is 6.86. The molecule has 1 N–H and O–H groups in total. The molecule has 1 aromatic carbocycles. The van der Waals surface area contributed by atoms with Crippen molar-refractivity contribution in [3.63, 3.8) is 0 Å². The molecule has 0 saturated carbocycles. The molecule has 1 aliphatic rings. The van der Waals surface area contributed by atoms with Crippen LogP contribution in [0, 0.1) is 0 Å². The number of hydrogen-bond acceptors (Lipinski definition) is 2. The Balaban J connectivity index is 0.00000180. The first kappa shape index (κ1) is 17.2. The Hall–Kier alpha value is 0.180. The van der Waals surface area contributed by atoms with E-state index >= 15 is 0 Å². The Morgan fingerprint density at radius 3 is 2.63 bits per heavy atom. The second-order valence-electron chi connectivity index (χ2n) is 3.81. The Morgan fingerprint density at radius 2 is 2.11 bits per heavy atom. The van der Waals surface area contributed by atoms with Crippen molar-refractivity contribution >= 4 is 79.5 Å². The first-order chi connectivity index (χ1) is 8.69. The second kappa shape index (κ2) is 8.46. The molecule has 1 fully saturated rings. The summed E-state index contributed by atoms with van der Waals surface area (Å²) in [6.07, 6.45) is 2.03. The predicted octanol–water partition coefficient (Wildman–Crippen LogP) is 3.30. The van der Waals surface area contributed by atoms with Gasteiger partial charge < -0.3 is 0 Å². The third-order valence-electron chi connectivity index (χ3n) is 2.47. The molecule has 1 heterocycles. The van der Waals surface area contributed by atoms with Crippen molar-refractivity contribution in [1.82, 2.24) is 9.57 Å². The Kier molecular flexibility index (Phi) is 7.68. The SMILES string of the molecule is CSC(=[N+]=C1SCCN1C)Nc1ccc(Br)cc1.I. The number of benzene rings is 1. The minimum atomic E-state index is 0. The first-order valence-electron chi connectivity index (χ1n) is 5.55. The van der Waals surface area contributed by atoms with Crippen LogP contribution in [0.3, 0.4) is 0 Å². The van der Waals surface area contributed by atoms with Crippen LogP contribution in [0.5, 0.6) is 0 Å². The summed E-state index contributed by atoms with van der Waals surface area (Å²) < 4.78 is 5.73. The Labute approximate surface area is 147 Å². The zero-order valence-electron chi connectivity index (χ0n) is 10.7. The van der Waals surface area contributed by atoms with Crippen molar-refractivity contribution in [1.29, 1.82) is 0 Å². The number of thioether (sulfide) groups is 2. The molecular formula is C12H16BrIN3S2+. The molecule has 0 amide bonds. The van der Waals surface area contributed by atoms with Crippen LogP contribution in [0.15, 0.2) is 28.7 Å². The van der Waals surface area contributed by atoms with Gasteiger partial charge >= 0.3 is 10.3 Å². The van der Waals surface area contributed by atoms with E-state index < -0.39 is 0 Å². The van der Waals surface area contributed by atoms with Gasteiger partial charge in [-0.05, 0) is 54.0 Å². The number of nitrogens with one attached hydrogen (secondary N) is 1. The number of amidine groups is 2. The fraction of sp³-hybridized carbons (Fsp3) is 0.333. The summed E-state index contributed by atoms with van der Waals surface area (Å²) in [7, 11) is 2.08. The van der Waals surface area contributed by atoms with Crippen LogP contribution in [0.1, 0.15) is 0 Å². The van der Waals surface area contributed by atoms with Gasteiger partial charge in [-0.3, -0.25) is 10.2 Å². The van der Waals surface area contributed by atoms with E-state index in [-0.39, 0.29) is 24.0 Å². The van der Waals surface area contributed by atoms with Crippen LogP contribution < -0.4 is 9.98 Å². The standard InChI is InChI=1S/C12H14BrN3S2.HI/c1-16-7-8-18-12(16)15-11(17-2)14-10-5-3-9(13)4-6-10;/h3-6H,7-8H2,1-2H3;1H/p+1. The molecule has 1 aliphatic heterocycles.